The predicted molar refractivity (Wildman–Crippen MR) is 148 cm³/mol. The second-order valence-corrected chi connectivity index (χ2v) is 9.22. The van der Waals surface area contributed by atoms with Crippen LogP contribution >= 0.6 is 0 Å². The first kappa shape index (κ1) is 23.9. The molecule has 38 heavy (non-hydrogen) atoms. The SMILES string of the molecule is CCNCc1cncc(-c2cnc3n[nH]c(-c4nc5c(-c6cc(F)cc(CNC)c6)cccc5[nH]4)c3c2)c1. The summed E-state index contributed by atoms with van der Waals surface area (Å²) in [5, 5.41) is 14.8. The molecule has 8 nitrogen and oxygen atoms in total. The van der Waals surface area contributed by atoms with E-state index in [4.69, 9.17) is 4.98 Å². The second-order valence-electron chi connectivity index (χ2n) is 9.22. The first-order valence-electron chi connectivity index (χ1n) is 12.6. The minimum absolute atomic E-state index is 0.275. The van der Waals surface area contributed by atoms with Crippen molar-refractivity contribution in [1.29, 1.82) is 0 Å². The third kappa shape index (κ3) is 4.53. The number of hydrogen-bond acceptors (Lipinski definition) is 6. The maximum Gasteiger partial charge on any atom is 0.181 e. The molecule has 0 amide bonds. The summed E-state index contributed by atoms with van der Waals surface area (Å²) >= 11 is 0. The number of hydrogen-bond donors (Lipinski definition) is 4. The van der Waals surface area contributed by atoms with E-state index >= 15 is 0 Å². The average molecular weight is 507 g/mol. The van der Waals surface area contributed by atoms with Gasteiger partial charge in [-0.3, -0.25) is 10.1 Å². The molecule has 0 unspecified atom stereocenters. The molecule has 0 atom stereocenters. The Labute approximate surface area is 218 Å². The van der Waals surface area contributed by atoms with Crippen molar-refractivity contribution in [3.8, 4) is 33.8 Å². The van der Waals surface area contributed by atoms with Crippen molar-refractivity contribution in [3.05, 3.63) is 84.1 Å². The largest absolute Gasteiger partial charge is 0.337 e. The standard InChI is InChI=1S/C29H27FN8/c1-3-32-13-18-8-20(15-33-14-18)21-11-24-27(37-38-28(24)34-16-21)29-35-25-6-4-5-23(26(25)36-29)19-7-17(12-31-2)9-22(30)10-19/h4-11,14-16,31-32H,3,12-13H2,1-2H3,(H,35,36)(H,34,37,38). The third-order valence-corrected chi connectivity index (χ3v) is 6.52. The van der Waals surface area contributed by atoms with Gasteiger partial charge >= 0.3 is 0 Å². The van der Waals surface area contributed by atoms with Crippen molar-refractivity contribution in [1.82, 2.24) is 40.8 Å². The van der Waals surface area contributed by atoms with E-state index in [0.717, 1.165) is 68.6 Å². The fraction of sp³-hybridized carbons (Fsp3) is 0.172. The van der Waals surface area contributed by atoms with E-state index in [-0.39, 0.29) is 5.82 Å². The van der Waals surface area contributed by atoms with Crippen LogP contribution < -0.4 is 10.6 Å². The lowest BCUT2D eigenvalue weighted by atomic mass is 10.0. The molecule has 0 fully saturated rings. The van der Waals surface area contributed by atoms with E-state index in [1.165, 1.54) is 0 Å². The molecule has 0 radical (unpaired) electrons. The molecular weight excluding hydrogens is 479 g/mol. The van der Waals surface area contributed by atoms with Gasteiger partial charge in [-0.1, -0.05) is 19.1 Å². The van der Waals surface area contributed by atoms with E-state index in [2.05, 4.69) is 54.8 Å². The number of para-hydroxylation sites is 1. The smallest absolute Gasteiger partial charge is 0.181 e. The normalized spacial score (nSPS) is 11.6. The van der Waals surface area contributed by atoms with Crippen LogP contribution in [-0.4, -0.2) is 43.7 Å². The maximum atomic E-state index is 14.4. The number of aromatic nitrogens is 6. The van der Waals surface area contributed by atoms with Crippen molar-refractivity contribution in [3.63, 3.8) is 0 Å². The number of fused-ring (bicyclic) bond motifs is 2. The Morgan fingerprint density at radius 2 is 1.79 bits per heavy atom. The van der Waals surface area contributed by atoms with Gasteiger partial charge in [0.15, 0.2) is 11.5 Å². The van der Waals surface area contributed by atoms with E-state index in [1.54, 1.807) is 12.1 Å². The van der Waals surface area contributed by atoms with Crippen molar-refractivity contribution in [2.24, 2.45) is 0 Å². The molecule has 4 aromatic heterocycles. The molecule has 4 N–H and O–H groups in total. The van der Waals surface area contributed by atoms with Crippen molar-refractivity contribution in [2.75, 3.05) is 13.6 Å². The summed E-state index contributed by atoms with van der Waals surface area (Å²) in [5.41, 5.74) is 8.49. The lowest BCUT2D eigenvalue weighted by Gasteiger charge is -2.07. The molecule has 0 saturated heterocycles. The van der Waals surface area contributed by atoms with Crippen molar-refractivity contribution >= 4 is 22.1 Å². The van der Waals surface area contributed by atoms with Gasteiger partial charge in [0, 0.05) is 48.4 Å². The van der Waals surface area contributed by atoms with Crippen LogP contribution in [0.15, 0.2) is 67.1 Å². The lowest BCUT2D eigenvalue weighted by molar-refractivity contribution is 0.624. The Kier molecular flexibility index (Phi) is 6.36. The van der Waals surface area contributed by atoms with E-state index in [9.17, 15) is 4.39 Å². The molecule has 6 rings (SSSR count). The zero-order valence-corrected chi connectivity index (χ0v) is 21.1. The monoisotopic (exact) mass is 506 g/mol. The van der Waals surface area contributed by atoms with Gasteiger partial charge in [0.25, 0.3) is 0 Å². The summed E-state index contributed by atoms with van der Waals surface area (Å²) in [7, 11) is 1.84. The summed E-state index contributed by atoms with van der Waals surface area (Å²) in [6.07, 6.45) is 5.52. The Hall–Kier alpha value is -4.47. The fourth-order valence-corrected chi connectivity index (χ4v) is 4.75. The van der Waals surface area contributed by atoms with Crippen molar-refractivity contribution in [2.45, 2.75) is 20.0 Å². The molecule has 0 saturated carbocycles. The Balaban J connectivity index is 1.42. The predicted octanol–water partition coefficient (Wildman–Crippen LogP) is 5.20. The Morgan fingerprint density at radius 1 is 0.921 bits per heavy atom. The van der Waals surface area contributed by atoms with Crippen LogP contribution in [0, 0.1) is 5.82 Å². The van der Waals surface area contributed by atoms with Crippen LogP contribution in [0.25, 0.3) is 55.8 Å². The molecule has 0 spiro atoms. The zero-order chi connectivity index (χ0) is 26.1. The van der Waals surface area contributed by atoms with Gasteiger partial charge < -0.3 is 15.6 Å². The van der Waals surface area contributed by atoms with E-state index < -0.39 is 0 Å². The molecule has 9 heteroatoms. The van der Waals surface area contributed by atoms with Crippen LogP contribution in [0.1, 0.15) is 18.1 Å². The topological polar surface area (TPSA) is 107 Å². The lowest BCUT2D eigenvalue weighted by Crippen LogP contribution is -2.11. The highest BCUT2D eigenvalue weighted by Crippen LogP contribution is 2.33. The van der Waals surface area contributed by atoms with E-state index in [1.807, 2.05) is 49.9 Å². The number of H-pyrrole nitrogens is 2. The van der Waals surface area contributed by atoms with Crippen LogP contribution in [0.4, 0.5) is 4.39 Å². The summed E-state index contributed by atoms with van der Waals surface area (Å²) < 4.78 is 14.4. The van der Waals surface area contributed by atoms with Gasteiger partial charge in [-0.25, -0.2) is 14.4 Å². The highest BCUT2D eigenvalue weighted by Gasteiger charge is 2.17. The quantitative estimate of drug-likeness (QED) is 0.226. The van der Waals surface area contributed by atoms with Crippen LogP contribution in [-0.2, 0) is 13.1 Å². The first-order chi connectivity index (χ1) is 18.6. The van der Waals surface area contributed by atoms with Crippen LogP contribution in [0.2, 0.25) is 0 Å². The summed E-state index contributed by atoms with van der Waals surface area (Å²) in [6.45, 7) is 4.31. The molecule has 6 aromatic rings. The maximum absolute atomic E-state index is 14.4. The molecule has 0 bridgehead atoms. The Morgan fingerprint density at radius 3 is 2.66 bits per heavy atom. The second kappa shape index (κ2) is 10.1. The number of nitrogens with one attached hydrogen (secondary N) is 4. The molecular formula is C29H27FN8. The van der Waals surface area contributed by atoms with Crippen LogP contribution in [0.5, 0.6) is 0 Å². The number of imidazole rings is 1. The zero-order valence-electron chi connectivity index (χ0n) is 21.1. The minimum Gasteiger partial charge on any atom is -0.337 e. The van der Waals surface area contributed by atoms with Gasteiger partial charge in [-0.05, 0) is 66.7 Å². The number of halogens is 1. The molecule has 4 heterocycles. The molecule has 0 aliphatic heterocycles. The van der Waals surface area contributed by atoms with Gasteiger partial charge in [0.05, 0.1) is 16.4 Å². The Bertz CT molecular complexity index is 1750. The third-order valence-electron chi connectivity index (χ3n) is 6.52. The average Bonchev–Trinajstić information content (AvgIpc) is 3.55. The number of nitrogens with zero attached hydrogens (tertiary/aromatic N) is 4. The van der Waals surface area contributed by atoms with E-state index in [0.29, 0.717) is 18.0 Å². The summed E-state index contributed by atoms with van der Waals surface area (Å²) in [4.78, 5) is 17.3. The van der Waals surface area contributed by atoms with Gasteiger partial charge in [-0.2, -0.15) is 5.10 Å². The summed E-state index contributed by atoms with van der Waals surface area (Å²) in [5.74, 6) is 0.363. The first-order valence-corrected chi connectivity index (χ1v) is 12.6. The highest BCUT2D eigenvalue weighted by molar-refractivity contribution is 5.97. The van der Waals surface area contributed by atoms with Crippen molar-refractivity contribution < 1.29 is 4.39 Å². The molecule has 0 aliphatic carbocycles. The van der Waals surface area contributed by atoms with Gasteiger partial charge in [-0.15, -0.1) is 0 Å². The minimum atomic E-state index is -0.275. The van der Waals surface area contributed by atoms with Crippen LogP contribution in [0.3, 0.4) is 0 Å². The number of pyridine rings is 2. The highest BCUT2D eigenvalue weighted by atomic mass is 19.1. The number of benzene rings is 2. The summed E-state index contributed by atoms with van der Waals surface area (Å²) in [6, 6.07) is 15.1. The van der Waals surface area contributed by atoms with Gasteiger partial charge in [0.1, 0.15) is 11.5 Å². The van der Waals surface area contributed by atoms with Gasteiger partial charge in [0.2, 0.25) is 0 Å². The molecule has 190 valence electrons. The molecule has 0 aliphatic rings. The number of rotatable bonds is 8. The number of aromatic amines is 2. The molecule has 2 aromatic carbocycles. The fourth-order valence-electron chi connectivity index (χ4n) is 4.75.